The molecular weight excluding hydrogens is 392 g/mol. The summed E-state index contributed by atoms with van der Waals surface area (Å²) in [5.74, 6) is 3.35. The highest BCUT2D eigenvalue weighted by atomic mass is 16.5. The van der Waals surface area contributed by atoms with E-state index in [0.29, 0.717) is 31.8 Å². The molecule has 1 atom stereocenters. The van der Waals surface area contributed by atoms with E-state index >= 15 is 0 Å². The predicted molar refractivity (Wildman–Crippen MR) is 119 cm³/mol. The molecule has 31 heavy (non-hydrogen) atoms. The molecule has 1 amide bonds. The Hall–Kier alpha value is -3.70. The van der Waals surface area contributed by atoms with Gasteiger partial charge in [-0.2, -0.15) is 0 Å². The summed E-state index contributed by atoms with van der Waals surface area (Å²) in [5, 5.41) is 3.04. The van der Waals surface area contributed by atoms with Crippen LogP contribution in [0, 0.1) is 12.3 Å². The summed E-state index contributed by atoms with van der Waals surface area (Å²) in [6.07, 6.45) is 10.6. The summed E-state index contributed by atoms with van der Waals surface area (Å²) in [4.78, 5) is 30.2. The number of carbonyl (C=O) groups excluding carboxylic acids is 1. The van der Waals surface area contributed by atoms with Gasteiger partial charge in [0.1, 0.15) is 17.3 Å². The third-order valence-electron chi connectivity index (χ3n) is 5.41. The van der Waals surface area contributed by atoms with Gasteiger partial charge in [0.25, 0.3) is 0 Å². The number of aromatic nitrogens is 3. The number of nitrogens with one attached hydrogen (secondary N) is 1. The number of benzene rings is 1. The van der Waals surface area contributed by atoms with Gasteiger partial charge in [0.15, 0.2) is 5.65 Å². The molecule has 0 bridgehead atoms. The van der Waals surface area contributed by atoms with E-state index in [9.17, 15) is 4.79 Å². The third-order valence-corrected chi connectivity index (χ3v) is 5.41. The summed E-state index contributed by atoms with van der Waals surface area (Å²) in [6, 6.07) is 9.22. The summed E-state index contributed by atoms with van der Waals surface area (Å²) in [6.45, 7) is 2.73. The average Bonchev–Trinajstić information content (AvgIpc) is 2.82. The number of rotatable bonds is 6. The minimum atomic E-state index is -0.378. The van der Waals surface area contributed by atoms with Crippen LogP contribution in [0.4, 0.5) is 5.69 Å². The molecule has 0 spiro atoms. The molecule has 0 saturated carbocycles. The van der Waals surface area contributed by atoms with Gasteiger partial charge >= 0.3 is 0 Å². The normalized spacial score (nSPS) is 16.6. The Morgan fingerprint density at radius 2 is 2.10 bits per heavy atom. The SMILES string of the molecule is C#CCN1CCN(c2cnc3nccnc3c2)C[C@H]1C(=O)NCc1ccccc1OC. The first-order chi connectivity index (χ1) is 15.2. The molecular formula is C23H24N6O2. The lowest BCUT2D eigenvalue weighted by molar-refractivity contribution is -0.126. The van der Waals surface area contributed by atoms with Crippen LogP contribution < -0.4 is 15.0 Å². The van der Waals surface area contributed by atoms with Crippen molar-refractivity contribution in [3.63, 3.8) is 0 Å². The second-order valence-electron chi connectivity index (χ2n) is 7.26. The highest BCUT2D eigenvalue weighted by Crippen LogP contribution is 2.22. The fourth-order valence-corrected chi connectivity index (χ4v) is 3.78. The van der Waals surface area contributed by atoms with Crippen molar-refractivity contribution in [3.8, 4) is 18.1 Å². The van der Waals surface area contributed by atoms with Crippen LogP contribution in [0.2, 0.25) is 0 Å². The monoisotopic (exact) mass is 416 g/mol. The Balaban J connectivity index is 1.50. The van der Waals surface area contributed by atoms with Gasteiger partial charge in [-0.3, -0.25) is 14.7 Å². The molecule has 0 aliphatic carbocycles. The molecule has 1 fully saturated rings. The molecule has 0 unspecified atom stereocenters. The molecule has 1 aliphatic heterocycles. The number of para-hydroxylation sites is 1. The van der Waals surface area contributed by atoms with E-state index < -0.39 is 0 Å². The highest BCUT2D eigenvalue weighted by Gasteiger charge is 2.32. The second kappa shape index (κ2) is 9.41. The first-order valence-corrected chi connectivity index (χ1v) is 10.1. The summed E-state index contributed by atoms with van der Waals surface area (Å²) in [5.41, 5.74) is 3.16. The topological polar surface area (TPSA) is 83.5 Å². The minimum absolute atomic E-state index is 0.0700. The highest BCUT2D eigenvalue weighted by molar-refractivity contribution is 5.83. The van der Waals surface area contributed by atoms with Gasteiger partial charge in [-0.05, 0) is 12.1 Å². The summed E-state index contributed by atoms with van der Waals surface area (Å²) in [7, 11) is 1.62. The van der Waals surface area contributed by atoms with Crippen molar-refractivity contribution in [1.82, 2.24) is 25.2 Å². The first-order valence-electron chi connectivity index (χ1n) is 10.1. The van der Waals surface area contributed by atoms with Gasteiger partial charge in [-0.1, -0.05) is 24.1 Å². The zero-order chi connectivity index (χ0) is 21.6. The van der Waals surface area contributed by atoms with E-state index in [1.165, 1.54) is 0 Å². The number of hydrogen-bond donors (Lipinski definition) is 1. The Labute approximate surface area is 181 Å². The van der Waals surface area contributed by atoms with Gasteiger partial charge < -0.3 is 15.0 Å². The van der Waals surface area contributed by atoms with Gasteiger partial charge in [-0.15, -0.1) is 6.42 Å². The molecule has 1 aliphatic rings. The van der Waals surface area contributed by atoms with Crippen LogP contribution in [0.25, 0.3) is 11.2 Å². The predicted octanol–water partition coefficient (Wildman–Crippen LogP) is 1.47. The number of piperazine rings is 1. The molecule has 2 aromatic heterocycles. The average molecular weight is 416 g/mol. The van der Waals surface area contributed by atoms with Crippen molar-refractivity contribution in [2.24, 2.45) is 0 Å². The van der Waals surface area contributed by atoms with Crippen LogP contribution in [0.1, 0.15) is 5.56 Å². The molecule has 1 N–H and O–H groups in total. The molecule has 8 nitrogen and oxygen atoms in total. The van der Waals surface area contributed by atoms with Crippen molar-refractivity contribution in [2.45, 2.75) is 12.6 Å². The molecule has 8 heteroatoms. The van der Waals surface area contributed by atoms with Gasteiger partial charge in [-0.25, -0.2) is 9.97 Å². The lowest BCUT2D eigenvalue weighted by Gasteiger charge is -2.40. The molecule has 1 saturated heterocycles. The van der Waals surface area contributed by atoms with Crippen LogP contribution in [-0.2, 0) is 11.3 Å². The first kappa shape index (κ1) is 20.6. The Bertz CT molecular complexity index is 1110. The molecule has 1 aromatic carbocycles. The number of terminal acetylenes is 1. The van der Waals surface area contributed by atoms with Crippen molar-refractivity contribution < 1.29 is 9.53 Å². The zero-order valence-corrected chi connectivity index (χ0v) is 17.4. The Kier molecular flexibility index (Phi) is 6.24. The Morgan fingerprint density at radius 1 is 1.26 bits per heavy atom. The van der Waals surface area contributed by atoms with Crippen LogP contribution in [0.5, 0.6) is 5.75 Å². The molecule has 158 valence electrons. The number of hydrogen-bond acceptors (Lipinski definition) is 7. The van der Waals surface area contributed by atoms with Crippen molar-refractivity contribution in [3.05, 3.63) is 54.5 Å². The van der Waals surface area contributed by atoms with E-state index in [-0.39, 0.29) is 11.9 Å². The van der Waals surface area contributed by atoms with Crippen molar-refractivity contribution >= 4 is 22.8 Å². The number of anilines is 1. The summed E-state index contributed by atoms with van der Waals surface area (Å²) < 4.78 is 5.38. The minimum Gasteiger partial charge on any atom is -0.496 e. The fraction of sp³-hybridized carbons (Fsp3) is 0.304. The number of methoxy groups -OCH3 is 1. The zero-order valence-electron chi connectivity index (χ0n) is 17.4. The van der Waals surface area contributed by atoms with E-state index in [4.69, 9.17) is 11.2 Å². The van der Waals surface area contributed by atoms with E-state index in [0.717, 1.165) is 29.1 Å². The quantitative estimate of drug-likeness (QED) is 0.610. The third kappa shape index (κ3) is 4.57. The molecule has 3 heterocycles. The maximum atomic E-state index is 13.1. The number of amides is 1. The number of pyridine rings is 1. The smallest absolute Gasteiger partial charge is 0.239 e. The van der Waals surface area contributed by atoms with Crippen LogP contribution in [0.15, 0.2) is 48.9 Å². The lowest BCUT2D eigenvalue weighted by Crippen LogP contribution is -2.59. The number of carbonyl (C=O) groups is 1. The number of ether oxygens (including phenoxy) is 1. The van der Waals surface area contributed by atoms with Crippen LogP contribution >= 0.6 is 0 Å². The number of fused-ring (bicyclic) bond motifs is 1. The van der Waals surface area contributed by atoms with E-state index in [1.54, 1.807) is 25.7 Å². The standard InChI is InChI=1S/C23H24N6O2/c1-3-10-28-11-12-29(18-13-19-22(26-15-18)25-9-8-24-19)16-20(28)23(30)27-14-17-6-4-5-7-21(17)31-2/h1,4-9,13,15,20H,10-12,14,16H2,2H3,(H,27,30)/t20-/m0/s1. The maximum Gasteiger partial charge on any atom is 0.239 e. The Morgan fingerprint density at radius 3 is 2.94 bits per heavy atom. The van der Waals surface area contributed by atoms with Gasteiger partial charge in [0.2, 0.25) is 5.91 Å². The maximum absolute atomic E-state index is 13.1. The lowest BCUT2D eigenvalue weighted by atomic mass is 10.1. The largest absolute Gasteiger partial charge is 0.496 e. The van der Waals surface area contributed by atoms with Gasteiger partial charge in [0, 0.05) is 44.1 Å². The molecule has 0 radical (unpaired) electrons. The summed E-state index contributed by atoms with van der Waals surface area (Å²) >= 11 is 0. The van der Waals surface area contributed by atoms with Crippen LogP contribution in [-0.4, -0.2) is 65.1 Å². The number of nitrogens with zero attached hydrogens (tertiary/aromatic N) is 5. The van der Waals surface area contributed by atoms with Crippen molar-refractivity contribution in [1.29, 1.82) is 0 Å². The van der Waals surface area contributed by atoms with Crippen LogP contribution in [0.3, 0.4) is 0 Å². The van der Waals surface area contributed by atoms with E-state index in [2.05, 4.69) is 31.1 Å². The van der Waals surface area contributed by atoms with Gasteiger partial charge in [0.05, 0.1) is 25.5 Å². The molecule has 3 aromatic rings. The molecule has 4 rings (SSSR count). The second-order valence-corrected chi connectivity index (χ2v) is 7.26. The van der Waals surface area contributed by atoms with E-state index in [1.807, 2.05) is 35.2 Å². The fourth-order valence-electron chi connectivity index (χ4n) is 3.78. The van der Waals surface area contributed by atoms with Crippen molar-refractivity contribution in [2.75, 3.05) is 38.2 Å².